The van der Waals surface area contributed by atoms with Gasteiger partial charge in [-0.3, -0.25) is 25.3 Å². The largest absolute Gasteiger partial charge is 0.416 e. The summed E-state index contributed by atoms with van der Waals surface area (Å²) in [5, 5.41) is 31.1. The van der Waals surface area contributed by atoms with Crippen LogP contribution in [0.25, 0.3) is 0 Å². The number of anilines is 1. The molecule has 1 unspecified atom stereocenters. The fraction of sp³-hybridized carbons (Fsp3) is 0.125. The average Bonchev–Trinajstić information content (AvgIpc) is 3.19. The number of benzene rings is 2. The van der Waals surface area contributed by atoms with Crippen LogP contribution in [0.2, 0.25) is 0 Å². The van der Waals surface area contributed by atoms with Crippen LogP contribution >= 0.6 is 0 Å². The predicted molar refractivity (Wildman–Crippen MR) is 93.0 cm³/mol. The first-order valence-electron chi connectivity index (χ1n) is 7.88. The Labute approximate surface area is 159 Å². The summed E-state index contributed by atoms with van der Waals surface area (Å²) in [6, 6.07) is 6.16. The second-order valence-electron chi connectivity index (χ2n) is 5.79. The minimum absolute atomic E-state index is 0.0944. The number of alkyl halides is 3. The van der Waals surface area contributed by atoms with Gasteiger partial charge in [0.05, 0.1) is 21.5 Å². The van der Waals surface area contributed by atoms with Gasteiger partial charge in [0.15, 0.2) is 5.82 Å². The number of hydrogen-bond donors (Lipinski definition) is 2. The number of halogens is 3. The van der Waals surface area contributed by atoms with E-state index in [0.29, 0.717) is 0 Å². The minimum atomic E-state index is -4.60. The monoisotopic (exact) mass is 408 g/mol. The van der Waals surface area contributed by atoms with Crippen LogP contribution in [-0.2, 0) is 6.18 Å². The lowest BCUT2D eigenvalue weighted by atomic mass is 10.0. The Kier molecular flexibility index (Phi) is 5.12. The predicted octanol–water partition coefficient (Wildman–Crippen LogP) is 3.84. The van der Waals surface area contributed by atoms with Gasteiger partial charge in [0.25, 0.3) is 11.4 Å². The van der Waals surface area contributed by atoms with Crippen LogP contribution in [-0.4, -0.2) is 25.0 Å². The molecule has 0 saturated heterocycles. The standard InChI is InChI=1S/C16H11F3N6O4/c17-16(18,19)10-3-1-2-9(6-10)14(15-20-8-21-23-15)22-12-5-4-11(24(26)27)7-13(12)25(28)29/h1-8,14,22H,(H,20,21,23). The number of aromatic nitrogens is 3. The highest BCUT2D eigenvalue weighted by atomic mass is 19.4. The van der Waals surface area contributed by atoms with E-state index in [-0.39, 0.29) is 17.1 Å². The molecule has 0 bridgehead atoms. The highest BCUT2D eigenvalue weighted by Gasteiger charge is 2.32. The molecule has 1 atom stereocenters. The first-order chi connectivity index (χ1) is 13.7. The third-order valence-corrected chi connectivity index (χ3v) is 3.94. The first-order valence-corrected chi connectivity index (χ1v) is 7.88. The topological polar surface area (TPSA) is 140 Å². The molecule has 0 aliphatic carbocycles. The third kappa shape index (κ3) is 4.28. The zero-order chi connectivity index (χ0) is 21.2. The van der Waals surface area contributed by atoms with Crippen LogP contribution in [0.1, 0.15) is 23.0 Å². The van der Waals surface area contributed by atoms with E-state index in [1.54, 1.807) is 0 Å². The summed E-state index contributed by atoms with van der Waals surface area (Å²) < 4.78 is 39.2. The molecule has 0 amide bonds. The van der Waals surface area contributed by atoms with Crippen molar-refractivity contribution in [3.05, 3.63) is 86.0 Å². The van der Waals surface area contributed by atoms with Crippen LogP contribution < -0.4 is 5.32 Å². The van der Waals surface area contributed by atoms with Crippen LogP contribution in [0.5, 0.6) is 0 Å². The summed E-state index contributed by atoms with van der Waals surface area (Å²) in [6.07, 6.45) is -3.47. The van der Waals surface area contributed by atoms with Gasteiger partial charge >= 0.3 is 6.18 Å². The van der Waals surface area contributed by atoms with Crippen molar-refractivity contribution in [2.24, 2.45) is 0 Å². The Morgan fingerprint density at radius 1 is 1.07 bits per heavy atom. The molecule has 3 aromatic rings. The molecule has 10 nitrogen and oxygen atoms in total. The van der Waals surface area contributed by atoms with Gasteiger partial charge < -0.3 is 5.32 Å². The van der Waals surface area contributed by atoms with Crippen molar-refractivity contribution in [1.29, 1.82) is 0 Å². The van der Waals surface area contributed by atoms with Gasteiger partial charge in [-0.15, -0.1) is 0 Å². The van der Waals surface area contributed by atoms with Crippen molar-refractivity contribution in [3.8, 4) is 0 Å². The van der Waals surface area contributed by atoms with Gasteiger partial charge in [-0.25, -0.2) is 4.98 Å². The van der Waals surface area contributed by atoms with Crippen molar-refractivity contribution >= 4 is 17.1 Å². The fourth-order valence-electron chi connectivity index (χ4n) is 2.62. The van der Waals surface area contributed by atoms with Gasteiger partial charge in [0.2, 0.25) is 0 Å². The van der Waals surface area contributed by atoms with Crippen LogP contribution in [0, 0.1) is 20.2 Å². The number of rotatable bonds is 6. The van der Waals surface area contributed by atoms with Crippen molar-refractivity contribution < 1.29 is 23.0 Å². The van der Waals surface area contributed by atoms with E-state index >= 15 is 0 Å². The van der Waals surface area contributed by atoms with Gasteiger partial charge in [0.1, 0.15) is 18.1 Å². The molecular formula is C16H11F3N6O4. The number of nitro groups is 2. The Bertz CT molecular complexity index is 1060. The van der Waals surface area contributed by atoms with Crippen molar-refractivity contribution in [3.63, 3.8) is 0 Å². The Morgan fingerprint density at radius 3 is 2.41 bits per heavy atom. The van der Waals surface area contributed by atoms with Crippen LogP contribution in [0.15, 0.2) is 48.8 Å². The van der Waals surface area contributed by atoms with Crippen molar-refractivity contribution in [2.45, 2.75) is 12.2 Å². The number of hydrogen-bond acceptors (Lipinski definition) is 7. The normalized spacial score (nSPS) is 12.4. The lowest BCUT2D eigenvalue weighted by Gasteiger charge is -2.19. The number of aromatic amines is 1. The van der Waals surface area contributed by atoms with E-state index in [0.717, 1.165) is 36.7 Å². The van der Waals surface area contributed by atoms with E-state index in [2.05, 4.69) is 20.5 Å². The van der Waals surface area contributed by atoms with E-state index in [1.165, 1.54) is 12.1 Å². The second kappa shape index (κ2) is 7.53. The van der Waals surface area contributed by atoms with Crippen molar-refractivity contribution in [2.75, 3.05) is 5.32 Å². The zero-order valence-electron chi connectivity index (χ0n) is 14.3. The molecule has 13 heteroatoms. The maximum atomic E-state index is 13.1. The van der Waals surface area contributed by atoms with E-state index in [9.17, 15) is 33.4 Å². The quantitative estimate of drug-likeness (QED) is 0.466. The van der Waals surface area contributed by atoms with Crippen LogP contribution in [0.4, 0.5) is 30.2 Å². The molecule has 150 valence electrons. The molecule has 3 rings (SSSR count). The number of nitrogens with one attached hydrogen (secondary N) is 2. The first kappa shape index (κ1) is 19.7. The molecule has 2 aromatic carbocycles. The average molecular weight is 408 g/mol. The lowest BCUT2D eigenvalue weighted by molar-refractivity contribution is -0.393. The molecule has 1 heterocycles. The second-order valence-corrected chi connectivity index (χ2v) is 5.79. The molecule has 0 aliphatic heterocycles. The molecule has 0 fully saturated rings. The summed E-state index contributed by atoms with van der Waals surface area (Å²) in [6.45, 7) is 0. The fourth-order valence-corrected chi connectivity index (χ4v) is 2.62. The summed E-state index contributed by atoms with van der Waals surface area (Å²) in [4.78, 5) is 24.5. The highest BCUT2D eigenvalue weighted by molar-refractivity contribution is 5.66. The highest BCUT2D eigenvalue weighted by Crippen LogP contribution is 2.35. The molecule has 2 N–H and O–H groups in total. The SMILES string of the molecule is O=[N+]([O-])c1ccc(NC(c2cccc(C(F)(F)F)c2)c2ncn[nH]2)c([N+](=O)[O-])c1. The van der Waals surface area contributed by atoms with Crippen molar-refractivity contribution in [1.82, 2.24) is 15.2 Å². The summed E-state index contributed by atoms with van der Waals surface area (Å²) in [5.74, 6) is 0.0944. The summed E-state index contributed by atoms with van der Waals surface area (Å²) in [7, 11) is 0. The van der Waals surface area contributed by atoms with Gasteiger partial charge in [-0.1, -0.05) is 12.1 Å². The lowest BCUT2D eigenvalue weighted by Crippen LogP contribution is -2.16. The molecular weight excluding hydrogens is 397 g/mol. The van der Waals surface area contributed by atoms with Gasteiger partial charge in [-0.05, 0) is 23.8 Å². The summed E-state index contributed by atoms with van der Waals surface area (Å²) in [5.41, 5.74) is -2.07. The van der Waals surface area contributed by atoms with E-state index < -0.39 is 39.0 Å². The molecule has 0 radical (unpaired) electrons. The molecule has 29 heavy (non-hydrogen) atoms. The molecule has 0 aliphatic rings. The number of nitro benzene ring substituents is 2. The van der Waals surface area contributed by atoms with E-state index in [4.69, 9.17) is 0 Å². The Morgan fingerprint density at radius 2 is 1.83 bits per heavy atom. The smallest absolute Gasteiger partial charge is 0.366 e. The maximum absolute atomic E-state index is 13.1. The maximum Gasteiger partial charge on any atom is 0.416 e. The van der Waals surface area contributed by atoms with Crippen LogP contribution in [0.3, 0.4) is 0 Å². The summed E-state index contributed by atoms with van der Waals surface area (Å²) >= 11 is 0. The van der Waals surface area contributed by atoms with Gasteiger partial charge in [0, 0.05) is 6.07 Å². The Balaban J connectivity index is 2.07. The third-order valence-electron chi connectivity index (χ3n) is 3.94. The molecule has 1 aromatic heterocycles. The number of H-pyrrole nitrogens is 1. The Hall–Kier alpha value is -4.03. The minimum Gasteiger partial charge on any atom is -0.366 e. The molecule has 0 spiro atoms. The zero-order valence-corrected chi connectivity index (χ0v) is 14.3. The number of nitrogens with zero attached hydrogens (tertiary/aromatic N) is 4. The molecule has 0 saturated carbocycles. The number of non-ortho nitro benzene ring substituents is 1. The van der Waals surface area contributed by atoms with E-state index in [1.807, 2.05) is 0 Å². The van der Waals surface area contributed by atoms with Gasteiger partial charge in [-0.2, -0.15) is 18.3 Å².